The summed E-state index contributed by atoms with van der Waals surface area (Å²) in [5.74, 6) is 2.96. The Morgan fingerprint density at radius 2 is 1.84 bits per heavy atom. The number of thioether (sulfide) groups is 1. The molecule has 132 valence electrons. The van der Waals surface area contributed by atoms with Gasteiger partial charge >= 0.3 is 0 Å². The van der Waals surface area contributed by atoms with Crippen molar-refractivity contribution >= 4 is 22.8 Å². The van der Waals surface area contributed by atoms with Crippen LogP contribution in [0.4, 0.5) is 0 Å². The van der Waals surface area contributed by atoms with Crippen LogP contribution < -0.4 is 0 Å². The number of hydrogen-bond donors (Lipinski definition) is 0. The quantitative estimate of drug-likeness (QED) is 0.479. The molecule has 0 aliphatic rings. The molecule has 0 saturated heterocycles. The topological polar surface area (TPSA) is 17.8 Å². The highest BCUT2D eigenvalue weighted by Gasteiger charge is 2.13. The van der Waals surface area contributed by atoms with Crippen LogP contribution in [-0.2, 0) is 13.0 Å². The summed E-state index contributed by atoms with van der Waals surface area (Å²) < 4.78 is 2.41. The van der Waals surface area contributed by atoms with Gasteiger partial charge in [-0.25, -0.2) is 4.98 Å². The van der Waals surface area contributed by atoms with Gasteiger partial charge in [-0.1, -0.05) is 50.6 Å². The van der Waals surface area contributed by atoms with Crippen LogP contribution in [0.5, 0.6) is 0 Å². The Morgan fingerprint density at radius 1 is 1.08 bits per heavy atom. The van der Waals surface area contributed by atoms with Crippen molar-refractivity contribution in [2.24, 2.45) is 5.92 Å². The fourth-order valence-corrected chi connectivity index (χ4v) is 3.83. The van der Waals surface area contributed by atoms with E-state index in [0.29, 0.717) is 5.92 Å². The van der Waals surface area contributed by atoms with Crippen molar-refractivity contribution in [3.05, 3.63) is 59.4 Å². The van der Waals surface area contributed by atoms with Gasteiger partial charge in [-0.15, -0.1) is 11.8 Å². The Kier molecular flexibility index (Phi) is 5.85. The number of imidazole rings is 1. The average Bonchev–Trinajstić information content (AvgIpc) is 2.91. The fourth-order valence-electron chi connectivity index (χ4n) is 3.04. The van der Waals surface area contributed by atoms with Crippen LogP contribution in [-0.4, -0.2) is 15.3 Å². The maximum Gasteiger partial charge on any atom is 0.110 e. The van der Waals surface area contributed by atoms with E-state index in [1.807, 2.05) is 11.8 Å². The summed E-state index contributed by atoms with van der Waals surface area (Å²) in [5, 5.41) is 0. The van der Waals surface area contributed by atoms with E-state index in [1.165, 1.54) is 33.8 Å². The summed E-state index contributed by atoms with van der Waals surface area (Å²) in [7, 11) is 0. The predicted molar refractivity (Wildman–Crippen MR) is 110 cm³/mol. The van der Waals surface area contributed by atoms with Gasteiger partial charge in [-0.2, -0.15) is 0 Å². The molecule has 0 bridgehead atoms. The second kappa shape index (κ2) is 8.09. The molecule has 0 N–H and O–H groups in total. The first-order valence-electron chi connectivity index (χ1n) is 9.24. The summed E-state index contributed by atoms with van der Waals surface area (Å²) in [4.78, 5) is 6.28. The summed E-state index contributed by atoms with van der Waals surface area (Å²) in [6, 6.07) is 15.6. The first-order chi connectivity index (χ1) is 12.1. The minimum atomic E-state index is 0.600. The fraction of sp³-hybridized carbons (Fsp3) is 0.409. The summed E-state index contributed by atoms with van der Waals surface area (Å²) in [6.45, 7) is 9.78. The van der Waals surface area contributed by atoms with Gasteiger partial charge in [0.2, 0.25) is 0 Å². The highest BCUT2D eigenvalue weighted by molar-refractivity contribution is 7.99. The first-order valence-corrected chi connectivity index (χ1v) is 10.2. The molecule has 0 radical (unpaired) electrons. The Balaban J connectivity index is 2.02. The first kappa shape index (κ1) is 18.1. The van der Waals surface area contributed by atoms with E-state index in [2.05, 4.69) is 74.7 Å². The zero-order valence-corrected chi connectivity index (χ0v) is 16.6. The number of aryl methyl sites for hydroxylation is 1. The van der Waals surface area contributed by atoms with E-state index in [0.717, 1.165) is 24.2 Å². The zero-order chi connectivity index (χ0) is 17.8. The number of nitrogens with zero attached hydrogens (tertiary/aromatic N) is 2. The number of rotatable bonds is 7. The molecular weight excluding hydrogens is 324 g/mol. The second-order valence-electron chi connectivity index (χ2n) is 7.20. The zero-order valence-electron chi connectivity index (χ0n) is 15.7. The van der Waals surface area contributed by atoms with Crippen LogP contribution in [0.25, 0.3) is 11.0 Å². The molecule has 2 aromatic carbocycles. The van der Waals surface area contributed by atoms with Crippen LogP contribution in [0.2, 0.25) is 0 Å². The molecule has 25 heavy (non-hydrogen) atoms. The molecule has 3 aromatic rings. The molecule has 0 atom stereocenters. The molecule has 0 saturated carbocycles. The molecule has 0 amide bonds. The average molecular weight is 353 g/mol. The molecule has 0 aliphatic carbocycles. The lowest BCUT2D eigenvalue weighted by Gasteiger charge is -2.12. The molecule has 1 heterocycles. The minimum absolute atomic E-state index is 0.600. The van der Waals surface area contributed by atoms with E-state index in [4.69, 9.17) is 4.98 Å². The number of benzene rings is 2. The van der Waals surface area contributed by atoms with Gasteiger partial charge in [0.1, 0.15) is 5.82 Å². The molecule has 3 heteroatoms. The summed E-state index contributed by atoms with van der Waals surface area (Å²) in [5.41, 5.74) is 5.02. The van der Waals surface area contributed by atoms with Crippen molar-refractivity contribution in [3.63, 3.8) is 0 Å². The SMILES string of the molecule is CCCSc1ccc2nc(CC(C)C)n(Cc3ccc(C)cc3)c2c1. The van der Waals surface area contributed by atoms with E-state index in [9.17, 15) is 0 Å². The van der Waals surface area contributed by atoms with Crippen molar-refractivity contribution in [1.82, 2.24) is 9.55 Å². The summed E-state index contributed by atoms with van der Waals surface area (Å²) in [6.07, 6.45) is 2.21. The Hall–Kier alpha value is -1.74. The molecule has 0 spiro atoms. The van der Waals surface area contributed by atoms with E-state index >= 15 is 0 Å². The van der Waals surface area contributed by atoms with E-state index < -0.39 is 0 Å². The monoisotopic (exact) mass is 352 g/mol. The van der Waals surface area contributed by atoms with Gasteiger partial charge in [0.25, 0.3) is 0 Å². The third-order valence-corrected chi connectivity index (χ3v) is 5.52. The predicted octanol–water partition coefficient (Wildman–Crippen LogP) is 6.09. The van der Waals surface area contributed by atoms with Crippen molar-refractivity contribution in [1.29, 1.82) is 0 Å². The lowest BCUT2D eigenvalue weighted by Crippen LogP contribution is -2.08. The van der Waals surface area contributed by atoms with Gasteiger partial charge in [0.05, 0.1) is 11.0 Å². The van der Waals surface area contributed by atoms with Gasteiger partial charge in [0.15, 0.2) is 0 Å². The largest absolute Gasteiger partial charge is 0.323 e. The molecule has 2 nitrogen and oxygen atoms in total. The minimum Gasteiger partial charge on any atom is -0.323 e. The molecular formula is C22H28N2S. The summed E-state index contributed by atoms with van der Waals surface area (Å²) >= 11 is 1.93. The normalized spacial score (nSPS) is 11.6. The molecule has 1 aromatic heterocycles. The number of hydrogen-bond acceptors (Lipinski definition) is 2. The van der Waals surface area contributed by atoms with Gasteiger partial charge in [-0.3, -0.25) is 0 Å². The molecule has 0 unspecified atom stereocenters. The number of fused-ring (bicyclic) bond motifs is 1. The highest BCUT2D eigenvalue weighted by atomic mass is 32.2. The lowest BCUT2D eigenvalue weighted by molar-refractivity contribution is 0.595. The van der Waals surface area contributed by atoms with Crippen molar-refractivity contribution in [2.75, 3.05) is 5.75 Å². The standard InChI is InChI=1S/C22H28N2S/c1-5-12-25-19-10-11-20-21(14-19)24(22(23-20)13-16(2)3)15-18-8-6-17(4)7-9-18/h6-11,14,16H,5,12-13,15H2,1-4H3. The molecule has 3 rings (SSSR count). The Labute approximate surface area is 155 Å². The van der Waals surface area contributed by atoms with Gasteiger partial charge < -0.3 is 4.57 Å². The van der Waals surface area contributed by atoms with Gasteiger partial charge in [-0.05, 0) is 48.8 Å². The van der Waals surface area contributed by atoms with Crippen LogP contribution in [0.3, 0.4) is 0 Å². The highest BCUT2D eigenvalue weighted by Crippen LogP contribution is 2.26. The number of aromatic nitrogens is 2. The maximum absolute atomic E-state index is 4.94. The third kappa shape index (κ3) is 4.46. The lowest BCUT2D eigenvalue weighted by atomic mass is 10.1. The van der Waals surface area contributed by atoms with Crippen molar-refractivity contribution in [3.8, 4) is 0 Å². The van der Waals surface area contributed by atoms with Crippen LogP contribution in [0.15, 0.2) is 47.4 Å². The van der Waals surface area contributed by atoms with Crippen LogP contribution >= 0.6 is 11.8 Å². The van der Waals surface area contributed by atoms with Crippen LogP contribution in [0, 0.1) is 12.8 Å². The molecule has 0 fully saturated rings. The molecule has 0 aliphatic heterocycles. The third-order valence-electron chi connectivity index (χ3n) is 4.32. The smallest absolute Gasteiger partial charge is 0.110 e. The van der Waals surface area contributed by atoms with Crippen molar-refractivity contribution < 1.29 is 0 Å². The van der Waals surface area contributed by atoms with Crippen molar-refractivity contribution in [2.45, 2.75) is 52.0 Å². The Morgan fingerprint density at radius 3 is 2.52 bits per heavy atom. The van der Waals surface area contributed by atoms with E-state index in [1.54, 1.807) is 0 Å². The maximum atomic E-state index is 4.94. The Bertz CT molecular complexity index is 831. The second-order valence-corrected chi connectivity index (χ2v) is 8.37. The van der Waals surface area contributed by atoms with Crippen LogP contribution in [0.1, 0.15) is 44.1 Å². The van der Waals surface area contributed by atoms with Gasteiger partial charge in [0, 0.05) is 17.9 Å². The van der Waals surface area contributed by atoms with E-state index in [-0.39, 0.29) is 0 Å².